The average molecular weight is 405 g/mol. The summed E-state index contributed by atoms with van der Waals surface area (Å²) in [7, 11) is 1.57. The fourth-order valence-electron chi connectivity index (χ4n) is 3.28. The van der Waals surface area contributed by atoms with E-state index in [2.05, 4.69) is 17.6 Å². The zero-order valence-corrected chi connectivity index (χ0v) is 17.8. The molecule has 0 spiro atoms. The van der Waals surface area contributed by atoms with Crippen molar-refractivity contribution in [1.82, 2.24) is 10.6 Å². The van der Waals surface area contributed by atoms with Crippen LogP contribution >= 0.6 is 0 Å². The van der Waals surface area contributed by atoms with Crippen molar-refractivity contribution in [2.24, 2.45) is 0 Å². The number of nitrogens with one attached hydrogen (secondary N) is 2. The lowest BCUT2D eigenvalue weighted by atomic mass is 9.93. The Kier molecular flexibility index (Phi) is 8.83. The van der Waals surface area contributed by atoms with Crippen molar-refractivity contribution < 1.29 is 23.8 Å². The molecule has 160 valence electrons. The molecule has 29 heavy (non-hydrogen) atoms. The van der Waals surface area contributed by atoms with Gasteiger partial charge in [-0.3, -0.25) is 0 Å². The zero-order chi connectivity index (χ0) is 21.2. The minimum absolute atomic E-state index is 0.260. The number of hydrogen-bond acceptors (Lipinski definition) is 5. The summed E-state index contributed by atoms with van der Waals surface area (Å²) in [4.78, 5) is 24.9. The van der Waals surface area contributed by atoms with Gasteiger partial charge in [0.05, 0.1) is 31.9 Å². The molecule has 2 amide bonds. The van der Waals surface area contributed by atoms with Gasteiger partial charge >= 0.3 is 12.0 Å². The van der Waals surface area contributed by atoms with Gasteiger partial charge in [0, 0.05) is 5.70 Å². The third-order valence-electron chi connectivity index (χ3n) is 4.68. The van der Waals surface area contributed by atoms with E-state index in [0.29, 0.717) is 35.8 Å². The molecular weight excluding hydrogens is 372 g/mol. The first-order chi connectivity index (χ1) is 14.0. The highest BCUT2D eigenvalue weighted by Crippen LogP contribution is 2.35. The van der Waals surface area contributed by atoms with Crippen LogP contribution in [0.5, 0.6) is 11.5 Å². The first-order valence-electron chi connectivity index (χ1n) is 10.3. The normalized spacial score (nSPS) is 16.1. The predicted molar refractivity (Wildman–Crippen MR) is 111 cm³/mol. The van der Waals surface area contributed by atoms with Crippen LogP contribution in [0.3, 0.4) is 0 Å². The molecule has 7 heteroatoms. The third kappa shape index (κ3) is 5.89. The molecule has 1 aromatic rings. The largest absolute Gasteiger partial charge is 0.493 e. The Hall–Kier alpha value is -2.70. The van der Waals surface area contributed by atoms with Crippen molar-refractivity contribution >= 4 is 12.0 Å². The van der Waals surface area contributed by atoms with Crippen molar-refractivity contribution in [2.75, 3.05) is 20.3 Å². The molecule has 0 saturated heterocycles. The van der Waals surface area contributed by atoms with Crippen LogP contribution in [0, 0.1) is 0 Å². The monoisotopic (exact) mass is 404 g/mol. The van der Waals surface area contributed by atoms with Crippen LogP contribution in [0.25, 0.3) is 0 Å². The van der Waals surface area contributed by atoms with Gasteiger partial charge in [-0.05, 0) is 37.5 Å². The van der Waals surface area contributed by atoms with Crippen LogP contribution in [0.4, 0.5) is 4.79 Å². The van der Waals surface area contributed by atoms with Crippen LogP contribution in [-0.4, -0.2) is 32.3 Å². The van der Waals surface area contributed by atoms with Gasteiger partial charge in [0.2, 0.25) is 0 Å². The van der Waals surface area contributed by atoms with Gasteiger partial charge < -0.3 is 24.8 Å². The van der Waals surface area contributed by atoms with E-state index in [1.165, 1.54) is 0 Å². The predicted octanol–water partition coefficient (Wildman–Crippen LogP) is 4.24. The van der Waals surface area contributed by atoms with Crippen LogP contribution in [-0.2, 0) is 9.53 Å². The maximum Gasteiger partial charge on any atom is 0.338 e. The molecule has 1 aliphatic heterocycles. The van der Waals surface area contributed by atoms with Crippen LogP contribution in [0.15, 0.2) is 29.5 Å². The number of methoxy groups -OCH3 is 1. The second-order valence-electron chi connectivity index (χ2n) is 6.86. The number of carbonyl (C=O) groups is 2. The van der Waals surface area contributed by atoms with Crippen LogP contribution in [0.2, 0.25) is 0 Å². The summed E-state index contributed by atoms with van der Waals surface area (Å²) in [5, 5.41) is 5.60. The highest BCUT2D eigenvalue weighted by atomic mass is 16.5. The Bertz CT molecular complexity index is 745. The van der Waals surface area contributed by atoms with Crippen molar-refractivity contribution in [3.63, 3.8) is 0 Å². The number of ether oxygens (including phenoxy) is 3. The molecule has 2 rings (SSSR count). The van der Waals surface area contributed by atoms with Crippen molar-refractivity contribution in [2.45, 2.75) is 58.9 Å². The maximum absolute atomic E-state index is 12.7. The number of rotatable bonds is 11. The van der Waals surface area contributed by atoms with Gasteiger partial charge in [-0.1, -0.05) is 39.2 Å². The minimum Gasteiger partial charge on any atom is -0.493 e. The number of carbonyl (C=O) groups excluding carboxylic acids is 2. The highest BCUT2D eigenvalue weighted by Gasteiger charge is 2.33. The summed E-state index contributed by atoms with van der Waals surface area (Å²) in [6.07, 6.45) is 4.57. The number of allylic oxidation sites excluding steroid dienone is 1. The van der Waals surface area contributed by atoms with Crippen LogP contribution in [0.1, 0.15) is 64.5 Å². The lowest BCUT2D eigenvalue weighted by Crippen LogP contribution is -2.46. The zero-order valence-electron chi connectivity index (χ0n) is 17.8. The van der Waals surface area contributed by atoms with Gasteiger partial charge in [-0.2, -0.15) is 0 Å². The summed E-state index contributed by atoms with van der Waals surface area (Å²) >= 11 is 0. The second-order valence-corrected chi connectivity index (χ2v) is 6.86. The van der Waals surface area contributed by atoms with Gasteiger partial charge in [0.15, 0.2) is 11.5 Å². The van der Waals surface area contributed by atoms with Gasteiger partial charge in [0.1, 0.15) is 0 Å². The van der Waals surface area contributed by atoms with E-state index in [-0.39, 0.29) is 12.6 Å². The topological polar surface area (TPSA) is 85.9 Å². The van der Waals surface area contributed by atoms with E-state index < -0.39 is 12.0 Å². The standard InChI is InChI=1S/C22H32N2O5/c1-5-8-9-13-29-17-12-11-15(14-18(17)27-4)20-19(21(25)28-7-3)16(10-6-2)23-22(26)24-20/h11-12,14,20H,5-10,13H2,1-4H3,(H2,23,24,26). The van der Waals surface area contributed by atoms with Gasteiger partial charge in [-0.15, -0.1) is 0 Å². The minimum atomic E-state index is -0.618. The Morgan fingerprint density at radius 2 is 1.90 bits per heavy atom. The summed E-state index contributed by atoms with van der Waals surface area (Å²) in [5.74, 6) is 0.766. The molecule has 1 atom stereocenters. The SMILES string of the molecule is CCCCCOc1ccc(C2NC(=O)NC(CCC)=C2C(=O)OCC)cc1OC. The van der Waals surface area contributed by atoms with E-state index in [9.17, 15) is 9.59 Å². The number of hydrogen-bond donors (Lipinski definition) is 2. The highest BCUT2D eigenvalue weighted by molar-refractivity contribution is 5.95. The molecule has 1 unspecified atom stereocenters. The van der Waals surface area contributed by atoms with Crippen molar-refractivity contribution in [3.8, 4) is 11.5 Å². The summed E-state index contributed by atoms with van der Waals surface area (Å²) in [6.45, 7) is 6.77. The smallest absolute Gasteiger partial charge is 0.338 e. The van der Waals surface area contributed by atoms with Crippen LogP contribution < -0.4 is 20.1 Å². The van der Waals surface area contributed by atoms with E-state index >= 15 is 0 Å². The third-order valence-corrected chi connectivity index (χ3v) is 4.68. The number of esters is 1. The fraction of sp³-hybridized carbons (Fsp3) is 0.545. The van der Waals surface area contributed by atoms with E-state index in [1.807, 2.05) is 19.1 Å². The lowest BCUT2D eigenvalue weighted by Gasteiger charge is -2.29. The molecule has 1 heterocycles. The maximum atomic E-state index is 12.7. The molecular formula is C22H32N2O5. The number of benzene rings is 1. The Labute approximate surface area is 172 Å². The molecule has 2 N–H and O–H groups in total. The summed E-state index contributed by atoms with van der Waals surface area (Å²) < 4.78 is 16.6. The number of unbranched alkanes of at least 4 members (excludes halogenated alkanes) is 2. The van der Waals surface area contributed by atoms with Crippen molar-refractivity contribution in [3.05, 3.63) is 35.0 Å². The molecule has 0 fully saturated rings. The first-order valence-corrected chi connectivity index (χ1v) is 10.3. The number of amides is 2. The fourth-order valence-corrected chi connectivity index (χ4v) is 3.28. The molecule has 0 aromatic heterocycles. The van der Waals surface area contributed by atoms with E-state index in [1.54, 1.807) is 20.1 Å². The molecule has 1 aromatic carbocycles. The average Bonchev–Trinajstić information content (AvgIpc) is 2.71. The second kappa shape index (κ2) is 11.3. The van der Waals surface area contributed by atoms with Crippen molar-refractivity contribution in [1.29, 1.82) is 0 Å². The molecule has 0 saturated carbocycles. The van der Waals surface area contributed by atoms with E-state index in [4.69, 9.17) is 14.2 Å². The molecule has 0 aliphatic carbocycles. The Morgan fingerprint density at radius 1 is 1.10 bits per heavy atom. The Morgan fingerprint density at radius 3 is 2.55 bits per heavy atom. The molecule has 7 nitrogen and oxygen atoms in total. The molecule has 1 aliphatic rings. The van der Waals surface area contributed by atoms with E-state index in [0.717, 1.165) is 31.2 Å². The van der Waals surface area contributed by atoms with Gasteiger partial charge in [-0.25, -0.2) is 9.59 Å². The summed E-state index contributed by atoms with van der Waals surface area (Å²) in [6, 6.07) is 4.50. The first kappa shape index (κ1) is 22.6. The van der Waals surface area contributed by atoms with Gasteiger partial charge in [0.25, 0.3) is 0 Å². The summed E-state index contributed by atoms with van der Waals surface area (Å²) in [5.41, 5.74) is 1.75. The number of urea groups is 1. The Balaban J connectivity index is 2.36. The quantitative estimate of drug-likeness (QED) is 0.426. The molecule has 0 bridgehead atoms. The lowest BCUT2D eigenvalue weighted by molar-refractivity contribution is -0.139. The molecule has 0 radical (unpaired) electrons.